The average Bonchev–Trinajstić information content (AvgIpc) is 2.32. The van der Waals surface area contributed by atoms with Gasteiger partial charge in [0.25, 0.3) is 0 Å². The number of carbonyl (C=O) groups is 1. The highest BCUT2D eigenvalue weighted by atomic mass is 16.4. The SMILES string of the molecule is CC1CCC(C)N(c2ccc(C(=O)O)nc2)C1. The van der Waals surface area contributed by atoms with Crippen molar-refractivity contribution < 1.29 is 9.90 Å². The van der Waals surface area contributed by atoms with Gasteiger partial charge in [-0.1, -0.05) is 6.92 Å². The molecule has 1 N–H and O–H groups in total. The van der Waals surface area contributed by atoms with Gasteiger partial charge in [0, 0.05) is 12.6 Å². The Labute approximate surface area is 101 Å². The number of piperidine rings is 1. The van der Waals surface area contributed by atoms with Gasteiger partial charge in [-0.15, -0.1) is 0 Å². The average molecular weight is 234 g/mol. The molecule has 1 saturated heterocycles. The van der Waals surface area contributed by atoms with Crippen LogP contribution in [0.5, 0.6) is 0 Å². The second-order valence-corrected chi connectivity index (χ2v) is 4.89. The Morgan fingerprint density at radius 3 is 2.76 bits per heavy atom. The summed E-state index contributed by atoms with van der Waals surface area (Å²) in [6.07, 6.45) is 4.11. The van der Waals surface area contributed by atoms with Gasteiger partial charge in [0.2, 0.25) is 0 Å². The molecule has 1 aromatic heterocycles. The van der Waals surface area contributed by atoms with E-state index >= 15 is 0 Å². The lowest BCUT2D eigenvalue weighted by Crippen LogP contribution is -2.41. The number of anilines is 1. The maximum atomic E-state index is 10.7. The fourth-order valence-corrected chi connectivity index (χ4v) is 2.33. The second kappa shape index (κ2) is 4.73. The summed E-state index contributed by atoms with van der Waals surface area (Å²) in [5, 5.41) is 8.80. The first-order chi connectivity index (χ1) is 8.08. The fourth-order valence-electron chi connectivity index (χ4n) is 2.33. The van der Waals surface area contributed by atoms with Gasteiger partial charge in [0.05, 0.1) is 11.9 Å². The first-order valence-corrected chi connectivity index (χ1v) is 6.04. The maximum Gasteiger partial charge on any atom is 0.354 e. The lowest BCUT2D eigenvalue weighted by Gasteiger charge is -2.38. The van der Waals surface area contributed by atoms with E-state index in [4.69, 9.17) is 5.11 Å². The molecule has 1 aliphatic heterocycles. The van der Waals surface area contributed by atoms with Gasteiger partial charge in [-0.25, -0.2) is 9.78 Å². The molecule has 4 heteroatoms. The highest BCUT2D eigenvalue weighted by molar-refractivity contribution is 5.85. The van der Waals surface area contributed by atoms with Gasteiger partial charge >= 0.3 is 5.97 Å². The number of aromatic carboxylic acids is 1. The van der Waals surface area contributed by atoms with E-state index in [1.807, 2.05) is 6.07 Å². The third kappa shape index (κ3) is 2.57. The molecule has 0 amide bonds. The topological polar surface area (TPSA) is 53.4 Å². The van der Waals surface area contributed by atoms with Crippen molar-refractivity contribution in [2.24, 2.45) is 5.92 Å². The zero-order valence-corrected chi connectivity index (χ0v) is 10.3. The Balaban J connectivity index is 2.18. The van der Waals surface area contributed by atoms with Crippen LogP contribution in [0.2, 0.25) is 0 Å². The van der Waals surface area contributed by atoms with Gasteiger partial charge in [-0.2, -0.15) is 0 Å². The van der Waals surface area contributed by atoms with E-state index < -0.39 is 5.97 Å². The summed E-state index contributed by atoms with van der Waals surface area (Å²) in [7, 11) is 0. The second-order valence-electron chi connectivity index (χ2n) is 4.89. The van der Waals surface area contributed by atoms with Crippen LogP contribution in [0.25, 0.3) is 0 Å². The lowest BCUT2D eigenvalue weighted by atomic mass is 9.95. The van der Waals surface area contributed by atoms with Crippen LogP contribution in [0.15, 0.2) is 18.3 Å². The number of carboxylic acids is 1. The molecule has 0 aromatic carbocycles. The first-order valence-electron chi connectivity index (χ1n) is 6.04. The minimum Gasteiger partial charge on any atom is -0.477 e. The van der Waals surface area contributed by atoms with Crippen molar-refractivity contribution in [2.75, 3.05) is 11.4 Å². The Kier molecular flexibility index (Phi) is 3.31. The molecular weight excluding hydrogens is 216 g/mol. The van der Waals surface area contributed by atoms with E-state index in [-0.39, 0.29) is 5.69 Å². The molecule has 1 fully saturated rings. The van der Waals surface area contributed by atoms with E-state index in [1.54, 1.807) is 12.3 Å². The number of hydrogen-bond acceptors (Lipinski definition) is 3. The Bertz CT molecular complexity index is 402. The smallest absolute Gasteiger partial charge is 0.354 e. The van der Waals surface area contributed by atoms with Crippen LogP contribution in [-0.4, -0.2) is 28.6 Å². The van der Waals surface area contributed by atoms with Crippen LogP contribution >= 0.6 is 0 Å². The van der Waals surface area contributed by atoms with Crippen molar-refractivity contribution >= 4 is 11.7 Å². The minimum atomic E-state index is -0.975. The first kappa shape index (κ1) is 11.9. The van der Waals surface area contributed by atoms with Gasteiger partial charge in [-0.3, -0.25) is 0 Å². The molecule has 4 nitrogen and oxygen atoms in total. The summed E-state index contributed by atoms with van der Waals surface area (Å²) in [5.74, 6) is -0.290. The van der Waals surface area contributed by atoms with Crippen LogP contribution in [0.1, 0.15) is 37.2 Å². The van der Waals surface area contributed by atoms with Gasteiger partial charge in [-0.05, 0) is 37.8 Å². The molecule has 1 aliphatic rings. The Morgan fingerprint density at radius 2 is 2.18 bits per heavy atom. The van der Waals surface area contributed by atoms with Gasteiger partial charge in [0.1, 0.15) is 5.69 Å². The maximum absolute atomic E-state index is 10.7. The van der Waals surface area contributed by atoms with Crippen molar-refractivity contribution in [3.63, 3.8) is 0 Å². The molecule has 0 aliphatic carbocycles. The molecule has 92 valence electrons. The van der Waals surface area contributed by atoms with Gasteiger partial charge in [0.15, 0.2) is 0 Å². The van der Waals surface area contributed by atoms with Crippen LogP contribution < -0.4 is 4.90 Å². The Hall–Kier alpha value is -1.58. The van der Waals surface area contributed by atoms with E-state index in [9.17, 15) is 4.79 Å². The molecule has 17 heavy (non-hydrogen) atoms. The Morgan fingerprint density at radius 1 is 1.41 bits per heavy atom. The molecule has 0 spiro atoms. The summed E-state index contributed by atoms with van der Waals surface area (Å²) >= 11 is 0. The largest absolute Gasteiger partial charge is 0.477 e. The number of aromatic nitrogens is 1. The van der Waals surface area contributed by atoms with E-state index in [2.05, 4.69) is 23.7 Å². The highest BCUT2D eigenvalue weighted by Gasteiger charge is 2.23. The van der Waals surface area contributed by atoms with Crippen molar-refractivity contribution in [3.8, 4) is 0 Å². The molecule has 2 heterocycles. The summed E-state index contributed by atoms with van der Waals surface area (Å²) in [6, 6.07) is 3.93. The third-order valence-electron chi connectivity index (χ3n) is 3.42. The zero-order chi connectivity index (χ0) is 12.4. The summed E-state index contributed by atoms with van der Waals surface area (Å²) in [6.45, 7) is 5.48. The molecule has 2 atom stereocenters. The summed E-state index contributed by atoms with van der Waals surface area (Å²) in [5.41, 5.74) is 1.13. The van der Waals surface area contributed by atoms with E-state index in [0.717, 1.165) is 12.2 Å². The van der Waals surface area contributed by atoms with Crippen molar-refractivity contribution in [1.29, 1.82) is 0 Å². The van der Waals surface area contributed by atoms with E-state index in [1.165, 1.54) is 12.8 Å². The van der Waals surface area contributed by atoms with E-state index in [0.29, 0.717) is 12.0 Å². The molecule has 1 aromatic rings. The molecular formula is C13H18N2O2. The predicted molar refractivity (Wildman–Crippen MR) is 66.4 cm³/mol. The number of carboxylic acid groups (broad SMARTS) is 1. The monoisotopic (exact) mass is 234 g/mol. The van der Waals surface area contributed by atoms with Crippen molar-refractivity contribution in [2.45, 2.75) is 32.7 Å². The number of nitrogens with zero attached hydrogens (tertiary/aromatic N) is 2. The minimum absolute atomic E-state index is 0.103. The molecule has 2 unspecified atom stereocenters. The normalized spacial score (nSPS) is 24.7. The van der Waals surface area contributed by atoms with Crippen LogP contribution in [0.4, 0.5) is 5.69 Å². The summed E-state index contributed by atoms with van der Waals surface area (Å²) in [4.78, 5) is 17.0. The third-order valence-corrected chi connectivity index (χ3v) is 3.42. The van der Waals surface area contributed by atoms with Crippen molar-refractivity contribution in [3.05, 3.63) is 24.0 Å². The summed E-state index contributed by atoms with van der Waals surface area (Å²) < 4.78 is 0. The molecule has 2 rings (SSSR count). The molecule has 0 bridgehead atoms. The predicted octanol–water partition coefficient (Wildman–Crippen LogP) is 2.40. The number of rotatable bonds is 2. The number of pyridine rings is 1. The zero-order valence-electron chi connectivity index (χ0n) is 10.3. The van der Waals surface area contributed by atoms with Crippen LogP contribution in [0.3, 0.4) is 0 Å². The fraction of sp³-hybridized carbons (Fsp3) is 0.538. The standard InChI is InChI=1S/C13H18N2O2/c1-9-3-4-10(2)15(8-9)11-5-6-12(13(16)17)14-7-11/h5-7,9-10H,3-4,8H2,1-2H3,(H,16,17). The lowest BCUT2D eigenvalue weighted by molar-refractivity contribution is 0.0690. The van der Waals surface area contributed by atoms with Crippen LogP contribution in [0, 0.1) is 5.92 Å². The quantitative estimate of drug-likeness (QED) is 0.853. The van der Waals surface area contributed by atoms with Crippen molar-refractivity contribution in [1.82, 2.24) is 4.98 Å². The highest BCUT2D eigenvalue weighted by Crippen LogP contribution is 2.26. The molecule has 0 saturated carbocycles. The number of hydrogen-bond donors (Lipinski definition) is 1. The molecule has 0 radical (unpaired) electrons. The van der Waals surface area contributed by atoms with Crippen LogP contribution in [-0.2, 0) is 0 Å². The van der Waals surface area contributed by atoms with Gasteiger partial charge < -0.3 is 10.0 Å².